The summed E-state index contributed by atoms with van der Waals surface area (Å²) in [5.74, 6) is -0.595. The molecule has 21 heavy (non-hydrogen) atoms. The molecule has 0 saturated carbocycles. The third-order valence-electron chi connectivity index (χ3n) is 2.74. The number of hydrogen-bond donors (Lipinski definition) is 3. The quantitative estimate of drug-likeness (QED) is 0.721. The zero-order chi connectivity index (χ0) is 15.2. The highest BCUT2D eigenvalue weighted by Crippen LogP contribution is 2.20. The van der Waals surface area contributed by atoms with Gasteiger partial charge < -0.3 is 21.5 Å². The molecule has 0 bridgehead atoms. The fourth-order valence-corrected chi connectivity index (χ4v) is 1.75. The Hall–Kier alpha value is -3.02. The second-order valence-electron chi connectivity index (χ2n) is 4.28. The Morgan fingerprint density at radius 1 is 1.05 bits per heavy atom. The van der Waals surface area contributed by atoms with Gasteiger partial charge in [-0.05, 0) is 24.3 Å². The van der Waals surface area contributed by atoms with Crippen LogP contribution in [0.25, 0.3) is 0 Å². The number of primary amides is 1. The molecule has 2 rings (SSSR count). The summed E-state index contributed by atoms with van der Waals surface area (Å²) in [5, 5.41) is 2.58. The van der Waals surface area contributed by atoms with Crippen LogP contribution >= 0.6 is 0 Å². The number of benzene rings is 2. The molecule has 0 heterocycles. The molecule has 6 nitrogen and oxygen atoms in total. The highest BCUT2D eigenvalue weighted by atomic mass is 16.5. The van der Waals surface area contributed by atoms with Crippen molar-refractivity contribution in [3.05, 3.63) is 54.1 Å². The van der Waals surface area contributed by atoms with Crippen molar-refractivity contribution in [2.75, 3.05) is 17.7 Å². The summed E-state index contributed by atoms with van der Waals surface area (Å²) in [6, 6.07) is 13.4. The van der Waals surface area contributed by atoms with Crippen LogP contribution < -0.4 is 21.5 Å². The Bertz CT molecular complexity index is 671. The van der Waals surface area contributed by atoms with Crippen LogP contribution in [0, 0.1) is 0 Å². The molecular weight excluding hydrogens is 270 g/mol. The first-order chi connectivity index (χ1) is 10.1. The Morgan fingerprint density at radius 3 is 2.43 bits per heavy atom. The lowest BCUT2D eigenvalue weighted by Gasteiger charge is -2.10. The third-order valence-corrected chi connectivity index (χ3v) is 2.74. The van der Waals surface area contributed by atoms with Crippen molar-refractivity contribution >= 4 is 23.2 Å². The second kappa shape index (κ2) is 6.42. The summed E-state index contributed by atoms with van der Waals surface area (Å²) in [6.07, 6.45) is 0. The molecule has 6 heteroatoms. The summed E-state index contributed by atoms with van der Waals surface area (Å²) in [7, 11) is 0. The number of carbonyl (C=O) groups excluding carboxylic acids is 2. The van der Waals surface area contributed by atoms with Crippen molar-refractivity contribution in [3.8, 4) is 5.75 Å². The molecule has 2 aromatic carbocycles. The lowest BCUT2D eigenvalue weighted by Crippen LogP contribution is -2.23. The molecule has 0 atom stereocenters. The van der Waals surface area contributed by atoms with Gasteiger partial charge in [-0.25, -0.2) is 0 Å². The summed E-state index contributed by atoms with van der Waals surface area (Å²) in [5.41, 5.74) is 12.0. The molecule has 0 aromatic heterocycles. The summed E-state index contributed by atoms with van der Waals surface area (Å²) in [6.45, 7) is -0.221. The monoisotopic (exact) mass is 285 g/mol. The van der Waals surface area contributed by atoms with Crippen molar-refractivity contribution in [2.45, 2.75) is 0 Å². The molecule has 2 aromatic rings. The predicted molar refractivity (Wildman–Crippen MR) is 79.9 cm³/mol. The second-order valence-corrected chi connectivity index (χ2v) is 4.28. The van der Waals surface area contributed by atoms with Crippen LogP contribution in [0.1, 0.15) is 10.4 Å². The first-order valence-corrected chi connectivity index (χ1v) is 6.24. The first kappa shape index (κ1) is 14.4. The standard InChI is InChI=1S/C15H15N3O3/c16-11-6-2-4-8-13(11)21-9-14(19)18-12-7-3-1-5-10(12)15(17)20/h1-8H,9,16H2,(H2,17,20)(H,18,19). The normalized spacial score (nSPS) is 9.90. The minimum absolute atomic E-state index is 0.221. The highest BCUT2D eigenvalue weighted by molar-refractivity contribution is 6.03. The Labute approximate surface area is 121 Å². The van der Waals surface area contributed by atoms with Crippen LogP contribution in [0.15, 0.2) is 48.5 Å². The fourth-order valence-electron chi connectivity index (χ4n) is 1.75. The zero-order valence-corrected chi connectivity index (χ0v) is 11.2. The first-order valence-electron chi connectivity index (χ1n) is 6.24. The van der Waals surface area contributed by atoms with Gasteiger partial charge in [0, 0.05) is 0 Å². The number of amides is 2. The molecule has 0 saturated heterocycles. The van der Waals surface area contributed by atoms with Gasteiger partial charge >= 0.3 is 0 Å². The minimum Gasteiger partial charge on any atom is -0.482 e. The van der Waals surface area contributed by atoms with Gasteiger partial charge in [-0.1, -0.05) is 24.3 Å². The van der Waals surface area contributed by atoms with Crippen molar-refractivity contribution in [1.82, 2.24) is 0 Å². The maximum Gasteiger partial charge on any atom is 0.262 e. The van der Waals surface area contributed by atoms with Gasteiger partial charge in [0.25, 0.3) is 11.8 Å². The van der Waals surface area contributed by atoms with Crippen LogP contribution in [0.2, 0.25) is 0 Å². The number of carbonyl (C=O) groups is 2. The van der Waals surface area contributed by atoms with E-state index in [-0.39, 0.29) is 12.2 Å². The van der Waals surface area contributed by atoms with Crippen LogP contribution in [-0.2, 0) is 4.79 Å². The SMILES string of the molecule is NC(=O)c1ccccc1NC(=O)COc1ccccc1N. The van der Waals surface area contributed by atoms with Gasteiger partial charge in [-0.2, -0.15) is 0 Å². The lowest BCUT2D eigenvalue weighted by atomic mass is 10.1. The van der Waals surface area contributed by atoms with Crippen molar-refractivity contribution < 1.29 is 14.3 Å². The molecule has 0 spiro atoms. The topological polar surface area (TPSA) is 107 Å². The van der Waals surface area contributed by atoms with Crippen LogP contribution in [0.4, 0.5) is 11.4 Å². The summed E-state index contributed by atoms with van der Waals surface area (Å²) >= 11 is 0. The van der Waals surface area contributed by atoms with Crippen LogP contribution in [0.5, 0.6) is 5.75 Å². The number of nitrogens with one attached hydrogen (secondary N) is 1. The molecule has 0 fully saturated rings. The number of rotatable bonds is 5. The summed E-state index contributed by atoms with van der Waals surface area (Å²) < 4.78 is 5.32. The van der Waals surface area contributed by atoms with Crippen molar-refractivity contribution in [2.24, 2.45) is 5.73 Å². The van der Waals surface area contributed by atoms with E-state index >= 15 is 0 Å². The number of hydrogen-bond acceptors (Lipinski definition) is 4. The maximum atomic E-state index is 11.8. The zero-order valence-electron chi connectivity index (χ0n) is 11.2. The number of nitrogen functional groups attached to an aromatic ring is 1. The van der Waals surface area contributed by atoms with E-state index < -0.39 is 11.8 Å². The molecule has 0 aliphatic carbocycles. The van der Waals surface area contributed by atoms with Gasteiger partial charge in [0.2, 0.25) is 0 Å². The van der Waals surface area contributed by atoms with Gasteiger partial charge in [0.05, 0.1) is 16.9 Å². The smallest absolute Gasteiger partial charge is 0.262 e. The van der Waals surface area contributed by atoms with E-state index in [1.807, 2.05) is 0 Å². The molecule has 0 unspecified atom stereocenters. The molecule has 0 radical (unpaired) electrons. The van der Waals surface area contributed by atoms with E-state index in [0.29, 0.717) is 17.1 Å². The van der Waals surface area contributed by atoms with E-state index in [2.05, 4.69) is 5.32 Å². The van der Waals surface area contributed by atoms with Gasteiger partial charge in [-0.15, -0.1) is 0 Å². The fraction of sp³-hybridized carbons (Fsp3) is 0.0667. The van der Waals surface area contributed by atoms with Crippen LogP contribution in [0.3, 0.4) is 0 Å². The third kappa shape index (κ3) is 3.73. The van der Waals surface area contributed by atoms with E-state index in [1.165, 1.54) is 6.07 Å². The van der Waals surface area contributed by atoms with E-state index in [0.717, 1.165) is 0 Å². The summed E-state index contributed by atoms with van der Waals surface area (Å²) in [4.78, 5) is 23.1. The van der Waals surface area contributed by atoms with Crippen LogP contribution in [-0.4, -0.2) is 18.4 Å². The Balaban J connectivity index is 2.00. The largest absolute Gasteiger partial charge is 0.482 e. The number of para-hydroxylation sites is 3. The van der Waals surface area contributed by atoms with Crippen molar-refractivity contribution in [1.29, 1.82) is 0 Å². The molecule has 108 valence electrons. The van der Waals surface area contributed by atoms with E-state index in [1.54, 1.807) is 42.5 Å². The number of ether oxygens (including phenoxy) is 1. The number of anilines is 2. The average molecular weight is 285 g/mol. The van der Waals surface area contributed by atoms with Gasteiger partial charge in [0.15, 0.2) is 6.61 Å². The molecule has 2 amide bonds. The van der Waals surface area contributed by atoms with E-state index in [9.17, 15) is 9.59 Å². The molecule has 0 aliphatic heterocycles. The Kier molecular flexibility index (Phi) is 4.40. The number of nitrogens with two attached hydrogens (primary N) is 2. The molecule has 5 N–H and O–H groups in total. The average Bonchev–Trinajstić information content (AvgIpc) is 2.47. The highest BCUT2D eigenvalue weighted by Gasteiger charge is 2.11. The van der Waals surface area contributed by atoms with Gasteiger partial charge in [0.1, 0.15) is 5.75 Å². The van der Waals surface area contributed by atoms with Gasteiger partial charge in [-0.3, -0.25) is 9.59 Å². The lowest BCUT2D eigenvalue weighted by molar-refractivity contribution is -0.118. The Morgan fingerprint density at radius 2 is 1.71 bits per heavy atom. The molecular formula is C15H15N3O3. The molecule has 0 aliphatic rings. The van der Waals surface area contributed by atoms with E-state index in [4.69, 9.17) is 16.2 Å². The maximum absolute atomic E-state index is 11.8. The minimum atomic E-state index is -0.612. The predicted octanol–water partition coefficient (Wildman–Crippen LogP) is 1.39. The van der Waals surface area contributed by atoms with Crippen molar-refractivity contribution in [3.63, 3.8) is 0 Å².